The first-order valence-electron chi connectivity index (χ1n) is 6.35. The van der Waals surface area contributed by atoms with Gasteiger partial charge in [-0.25, -0.2) is 0 Å². The molecule has 2 aromatic carbocycles. The van der Waals surface area contributed by atoms with Crippen LogP contribution in [0.3, 0.4) is 0 Å². The van der Waals surface area contributed by atoms with E-state index < -0.39 is 0 Å². The predicted molar refractivity (Wildman–Crippen MR) is 78.0 cm³/mol. The lowest BCUT2D eigenvalue weighted by atomic mass is 10.2. The van der Waals surface area contributed by atoms with Crippen molar-refractivity contribution < 1.29 is 4.79 Å². The van der Waals surface area contributed by atoms with Gasteiger partial charge in [-0.1, -0.05) is 48.0 Å². The van der Waals surface area contributed by atoms with Gasteiger partial charge in [0.25, 0.3) is 0 Å². The maximum atomic E-state index is 11.7. The van der Waals surface area contributed by atoms with Crippen LogP contribution in [-0.4, -0.2) is 12.5 Å². The summed E-state index contributed by atoms with van der Waals surface area (Å²) < 4.78 is 0. The third-order valence-electron chi connectivity index (χ3n) is 2.79. The largest absolute Gasteiger partial charge is 0.325 e. The quantitative estimate of drug-likeness (QED) is 0.861. The Morgan fingerprint density at radius 2 is 1.68 bits per heavy atom. The average molecular weight is 254 g/mol. The molecule has 0 heterocycles. The summed E-state index contributed by atoms with van der Waals surface area (Å²) >= 11 is 0. The van der Waals surface area contributed by atoms with Crippen LogP contribution in [0, 0.1) is 6.92 Å². The molecule has 2 rings (SSSR count). The Morgan fingerprint density at radius 3 is 2.37 bits per heavy atom. The van der Waals surface area contributed by atoms with Gasteiger partial charge in [-0.2, -0.15) is 0 Å². The van der Waals surface area contributed by atoms with Crippen molar-refractivity contribution >= 4 is 11.6 Å². The van der Waals surface area contributed by atoms with Crippen molar-refractivity contribution in [2.24, 2.45) is 0 Å². The molecule has 0 aliphatic carbocycles. The number of aryl methyl sites for hydroxylation is 1. The van der Waals surface area contributed by atoms with E-state index in [4.69, 9.17) is 0 Å². The van der Waals surface area contributed by atoms with Gasteiger partial charge in [0, 0.05) is 12.2 Å². The van der Waals surface area contributed by atoms with E-state index in [2.05, 4.69) is 10.6 Å². The molecule has 3 nitrogen and oxygen atoms in total. The van der Waals surface area contributed by atoms with Crippen molar-refractivity contribution in [2.45, 2.75) is 13.5 Å². The second-order valence-electron chi connectivity index (χ2n) is 4.50. The number of nitrogens with one attached hydrogen (secondary N) is 2. The number of hydrogen-bond donors (Lipinski definition) is 2. The molecular weight excluding hydrogens is 236 g/mol. The number of hydrogen-bond acceptors (Lipinski definition) is 2. The summed E-state index contributed by atoms with van der Waals surface area (Å²) in [5, 5.41) is 5.98. The highest BCUT2D eigenvalue weighted by atomic mass is 16.1. The molecule has 3 heteroatoms. The molecule has 0 fully saturated rings. The molecular formula is C16H18N2O. The zero-order valence-corrected chi connectivity index (χ0v) is 11.0. The zero-order valence-electron chi connectivity index (χ0n) is 11.0. The molecule has 0 saturated carbocycles. The summed E-state index contributed by atoms with van der Waals surface area (Å²) in [6.45, 7) is 3.03. The Labute approximate surface area is 113 Å². The topological polar surface area (TPSA) is 41.1 Å². The number of carbonyl (C=O) groups excluding carboxylic acids is 1. The molecule has 2 aromatic rings. The van der Waals surface area contributed by atoms with Crippen molar-refractivity contribution in [3.63, 3.8) is 0 Å². The number of amides is 1. The van der Waals surface area contributed by atoms with E-state index in [9.17, 15) is 4.79 Å². The standard InChI is InChI=1S/C16H18N2O/c1-13-7-9-15(10-8-13)18-16(19)12-17-11-14-5-3-2-4-6-14/h2-10,17H,11-12H2,1H3,(H,18,19). The van der Waals surface area contributed by atoms with Gasteiger partial charge in [0.15, 0.2) is 0 Å². The van der Waals surface area contributed by atoms with E-state index in [0.29, 0.717) is 13.1 Å². The van der Waals surface area contributed by atoms with E-state index in [0.717, 1.165) is 5.69 Å². The van der Waals surface area contributed by atoms with Crippen LogP contribution in [0.4, 0.5) is 5.69 Å². The first-order valence-corrected chi connectivity index (χ1v) is 6.35. The molecule has 19 heavy (non-hydrogen) atoms. The summed E-state index contributed by atoms with van der Waals surface area (Å²) in [5.41, 5.74) is 3.18. The lowest BCUT2D eigenvalue weighted by Gasteiger charge is -2.07. The minimum atomic E-state index is -0.0280. The van der Waals surface area contributed by atoms with Gasteiger partial charge >= 0.3 is 0 Å². The van der Waals surface area contributed by atoms with Crippen LogP contribution in [-0.2, 0) is 11.3 Å². The molecule has 0 bridgehead atoms. The van der Waals surface area contributed by atoms with Crippen LogP contribution in [0.15, 0.2) is 54.6 Å². The molecule has 0 aliphatic heterocycles. The Kier molecular flexibility index (Phi) is 4.70. The molecule has 0 spiro atoms. The van der Waals surface area contributed by atoms with Crippen molar-refractivity contribution in [3.8, 4) is 0 Å². The van der Waals surface area contributed by atoms with Gasteiger partial charge in [0.05, 0.1) is 6.54 Å². The first kappa shape index (κ1) is 13.3. The molecule has 0 aliphatic rings. The van der Waals surface area contributed by atoms with Crippen LogP contribution in [0.2, 0.25) is 0 Å². The van der Waals surface area contributed by atoms with Gasteiger partial charge < -0.3 is 10.6 Å². The second kappa shape index (κ2) is 6.71. The van der Waals surface area contributed by atoms with E-state index in [1.807, 2.05) is 61.5 Å². The number of benzene rings is 2. The molecule has 0 aromatic heterocycles. The molecule has 2 N–H and O–H groups in total. The Hall–Kier alpha value is -2.13. The fourth-order valence-electron chi connectivity index (χ4n) is 1.76. The van der Waals surface area contributed by atoms with E-state index >= 15 is 0 Å². The minimum absolute atomic E-state index is 0.0280. The van der Waals surface area contributed by atoms with Crippen LogP contribution in [0.5, 0.6) is 0 Å². The highest BCUT2D eigenvalue weighted by Crippen LogP contribution is 2.08. The fraction of sp³-hybridized carbons (Fsp3) is 0.188. The summed E-state index contributed by atoms with van der Waals surface area (Å²) in [4.78, 5) is 11.7. The number of anilines is 1. The molecule has 98 valence electrons. The van der Waals surface area contributed by atoms with E-state index in [1.54, 1.807) is 0 Å². The molecule has 0 saturated heterocycles. The SMILES string of the molecule is Cc1ccc(NC(=O)CNCc2ccccc2)cc1. The van der Waals surface area contributed by atoms with Gasteiger partial charge in [-0.15, -0.1) is 0 Å². The third kappa shape index (κ3) is 4.56. The first-order chi connectivity index (χ1) is 9.24. The monoisotopic (exact) mass is 254 g/mol. The van der Waals surface area contributed by atoms with Gasteiger partial charge in [0.1, 0.15) is 0 Å². The van der Waals surface area contributed by atoms with Gasteiger partial charge in [-0.3, -0.25) is 4.79 Å². The predicted octanol–water partition coefficient (Wildman–Crippen LogP) is 2.72. The lowest BCUT2D eigenvalue weighted by molar-refractivity contribution is -0.115. The maximum Gasteiger partial charge on any atom is 0.238 e. The lowest BCUT2D eigenvalue weighted by Crippen LogP contribution is -2.27. The van der Waals surface area contributed by atoms with Crippen molar-refractivity contribution in [2.75, 3.05) is 11.9 Å². The number of rotatable bonds is 5. The third-order valence-corrected chi connectivity index (χ3v) is 2.79. The van der Waals surface area contributed by atoms with Crippen LogP contribution in [0.25, 0.3) is 0 Å². The fourth-order valence-corrected chi connectivity index (χ4v) is 1.76. The summed E-state index contributed by atoms with van der Waals surface area (Å²) in [6.07, 6.45) is 0. The molecule has 1 amide bonds. The average Bonchev–Trinajstić information content (AvgIpc) is 2.43. The summed E-state index contributed by atoms with van der Waals surface area (Å²) in [6, 6.07) is 17.8. The second-order valence-corrected chi connectivity index (χ2v) is 4.50. The zero-order chi connectivity index (χ0) is 13.5. The van der Waals surface area contributed by atoms with E-state index in [-0.39, 0.29) is 5.91 Å². The number of carbonyl (C=O) groups is 1. The van der Waals surface area contributed by atoms with Crippen LogP contribution in [0.1, 0.15) is 11.1 Å². The Bertz CT molecular complexity index is 520. The molecule has 0 radical (unpaired) electrons. The maximum absolute atomic E-state index is 11.7. The smallest absolute Gasteiger partial charge is 0.238 e. The Morgan fingerprint density at radius 1 is 1.00 bits per heavy atom. The highest BCUT2D eigenvalue weighted by molar-refractivity contribution is 5.92. The normalized spacial score (nSPS) is 10.2. The highest BCUT2D eigenvalue weighted by Gasteiger charge is 2.01. The van der Waals surface area contributed by atoms with Crippen LogP contribution < -0.4 is 10.6 Å². The van der Waals surface area contributed by atoms with Crippen molar-refractivity contribution in [1.29, 1.82) is 0 Å². The van der Waals surface area contributed by atoms with Crippen molar-refractivity contribution in [1.82, 2.24) is 5.32 Å². The van der Waals surface area contributed by atoms with Gasteiger partial charge in [0.2, 0.25) is 5.91 Å². The van der Waals surface area contributed by atoms with Crippen molar-refractivity contribution in [3.05, 3.63) is 65.7 Å². The Balaban J connectivity index is 1.74. The summed E-state index contributed by atoms with van der Waals surface area (Å²) in [5.74, 6) is -0.0280. The van der Waals surface area contributed by atoms with Crippen LogP contribution >= 0.6 is 0 Å². The minimum Gasteiger partial charge on any atom is -0.325 e. The van der Waals surface area contributed by atoms with Gasteiger partial charge in [-0.05, 0) is 24.6 Å². The summed E-state index contributed by atoms with van der Waals surface area (Å²) in [7, 11) is 0. The van der Waals surface area contributed by atoms with E-state index in [1.165, 1.54) is 11.1 Å². The molecule has 0 unspecified atom stereocenters. The molecule has 0 atom stereocenters.